The maximum Gasteiger partial charge on any atom is 0.258 e. The molecule has 1 N–H and O–H groups in total. The summed E-state index contributed by atoms with van der Waals surface area (Å²) in [5.41, 5.74) is 3.46. The number of amides is 1. The summed E-state index contributed by atoms with van der Waals surface area (Å²) in [7, 11) is 4.00. The van der Waals surface area contributed by atoms with E-state index in [1.165, 1.54) is 5.56 Å². The van der Waals surface area contributed by atoms with Crippen molar-refractivity contribution in [2.45, 2.75) is 19.9 Å². The van der Waals surface area contributed by atoms with Crippen molar-refractivity contribution in [3.8, 4) is 5.75 Å². The molecule has 0 saturated heterocycles. The number of ether oxygens (including phenoxy) is 1. The van der Waals surface area contributed by atoms with Gasteiger partial charge in [-0.15, -0.1) is 0 Å². The molecule has 0 aliphatic heterocycles. The number of carbonyl (C=O) groups is 1. The summed E-state index contributed by atoms with van der Waals surface area (Å²) in [6, 6.07) is 15.9. The van der Waals surface area contributed by atoms with Gasteiger partial charge in [-0.3, -0.25) is 4.79 Å². The number of benzene rings is 2. The van der Waals surface area contributed by atoms with E-state index < -0.39 is 0 Å². The zero-order chi connectivity index (χ0) is 16.7. The molecule has 1 amide bonds. The topological polar surface area (TPSA) is 41.6 Å². The third kappa shape index (κ3) is 5.33. The fraction of sp³-hybridized carbons (Fsp3) is 0.316. The standard InChI is InChI=1S/C19H24N2O2/c1-4-15-7-11-18(12-8-15)23-14-19(22)20-13-16-5-9-17(10-6-16)21(2)3/h5-12H,4,13-14H2,1-3H3,(H,20,22). The molecule has 0 radical (unpaired) electrons. The van der Waals surface area contributed by atoms with Crippen LogP contribution in [0.15, 0.2) is 48.5 Å². The van der Waals surface area contributed by atoms with Crippen LogP contribution in [0.1, 0.15) is 18.1 Å². The third-order valence-corrected chi connectivity index (χ3v) is 3.64. The van der Waals surface area contributed by atoms with Gasteiger partial charge in [0.15, 0.2) is 6.61 Å². The van der Waals surface area contributed by atoms with Gasteiger partial charge in [0.1, 0.15) is 5.75 Å². The second-order valence-electron chi connectivity index (χ2n) is 5.62. The van der Waals surface area contributed by atoms with E-state index in [2.05, 4.69) is 12.2 Å². The second kappa shape index (κ2) is 8.22. The van der Waals surface area contributed by atoms with Gasteiger partial charge in [-0.25, -0.2) is 0 Å². The molecule has 0 aliphatic carbocycles. The van der Waals surface area contributed by atoms with Crippen molar-refractivity contribution < 1.29 is 9.53 Å². The molecule has 0 atom stereocenters. The van der Waals surface area contributed by atoms with Crippen LogP contribution in [0.3, 0.4) is 0 Å². The number of hydrogen-bond donors (Lipinski definition) is 1. The first-order valence-corrected chi connectivity index (χ1v) is 7.83. The molecular formula is C19H24N2O2. The van der Waals surface area contributed by atoms with E-state index in [4.69, 9.17) is 4.74 Å². The largest absolute Gasteiger partial charge is 0.484 e. The van der Waals surface area contributed by atoms with Crippen LogP contribution in [0.2, 0.25) is 0 Å². The van der Waals surface area contributed by atoms with Gasteiger partial charge in [-0.2, -0.15) is 0 Å². The molecule has 0 heterocycles. The molecule has 0 spiro atoms. The van der Waals surface area contributed by atoms with Gasteiger partial charge in [0.25, 0.3) is 5.91 Å². The highest BCUT2D eigenvalue weighted by Crippen LogP contribution is 2.13. The van der Waals surface area contributed by atoms with Crippen LogP contribution in [0.25, 0.3) is 0 Å². The number of hydrogen-bond acceptors (Lipinski definition) is 3. The first-order chi connectivity index (χ1) is 11.1. The summed E-state index contributed by atoms with van der Waals surface area (Å²) in [6.45, 7) is 2.64. The molecule has 0 fully saturated rings. The zero-order valence-corrected chi connectivity index (χ0v) is 14.0. The number of aryl methyl sites for hydroxylation is 1. The van der Waals surface area contributed by atoms with Crippen molar-refractivity contribution in [1.82, 2.24) is 5.32 Å². The lowest BCUT2D eigenvalue weighted by Crippen LogP contribution is -2.28. The summed E-state index contributed by atoms with van der Waals surface area (Å²) in [6.07, 6.45) is 0.993. The van der Waals surface area contributed by atoms with Gasteiger partial charge >= 0.3 is 0 Å². The molecule has 2 aromatic rings. The van der Waals surface area contributed by atoms with E-state index in [9.17, 15) is 4.79 Å². The number of carbonyl (C=O) groups excluding carboxylic acids is 1. The summed E-state index contributed by atoms with van der Waals surface area (Å²) < 4.78 is 5.49. The van der Waals surface area contributed by atoms with Gasteiger partial charge in [-0.1, -0.05) is 31.2 Å². The van der Waals surface area contributed by atoms with Crippen molar-refractivity contribution in [1.29, 1.82) is 0 Å². The van der Waals surface area contributed by atoms with Crippen LogP contribution in [0, 0.1) is 0 Å². The van der Waals surface area contributed by atoms with Gasteiger partial charge < -0.3 is 15.0 Å². The highest BCUT2D eigenvalue weighted by molar-refractivity contribution is 5.77. The van der Waals surface area contributed by atoms with E-state index in [-0.39, 0.29) is 12.5 Å². The van der Waals surface area contributed by atoms with Crippen molar-refractivity contribution in [2.24, 2.45) is 0 Å². The predicted octanol–water partition coefficient (Wildman–Crippen LogP) is 3.01. The Balaban J connectivity index is 1.76. The fourth-order valence-electron chi connectivity index (χ4n) is 2.13. The molecule has 0 unspecified atom stereocenters. The van der Waals surface area contributed by atoms with Crippen molar-refractivity contribution in [2.75, 3.05) is 25.6 Å². The first-order valence-electron chi connectivity index (χ1n) is 7.83. The Labute approximate surface area is 138 Å². The Bertz CT molecular complexity index is 619. The maximum absolute atomic E-state index is 11.8. The van der Waals surface area contributed by atoms with Gasteiger partial charge in [-0.05, 0) is 41.8 Å². The van der Waals surface area contributed by atoms with E-state index >= 15 is 0 Å². The first kappa shape index (κ1) is 16.9. The van der Waals surface area contributed by atoms with Crippen LogP contribution < -0.4 is 15.0 Å². The molecule has 4 heteroatoms. The molecule has 2 aromatic carbocycles. The predicted molar refractivity (Wildman–Crippen MR) is 93.9 cm³/mol. The maximum atomic E-state index is 11.8. The minimum absolute atomic E-state index is 0.0290. The molecular weight excluding hydrogens is 288 g/mol. The number of anilines is 1. The minimum atomic E-state index is -0.124. The third-order valence-electron chi connectivity index (χ3n) is 3.64. The molecule has 0 bridgehead atoms. The summed E-state index contributed by atoms with van der Waals surface area (Å²) in [5.74, 6) is 0.592. The average molecular weight is 312 g/mol. The summed E-state index contributed by atoms with van der Waals surface area (Å²) in [4.78, 5) is 13.9. The van der Waals surface area contributed by atoms with Crippen LogP contribution in [-0.2, 0) is 17.8 Å². The van der Waals surface area contributed by atoms with Gasteiger partial charge in [0.2, 0.25) is 0 Å². The smallest absolute Gasteiger partial charge is 0.258 e. The number of nitrogens with zero attached hydrogens (tertiary/aromatic N) is 1. The Morgan fingerprint density at radius 3 is 2.17 bits per heavy atom. The molecule has 0 aliphatic rings. The van der Waals surface area contributed by atoms with Crippen molar-refractivity contribution >= 4 is 11.6 Å². The van der Waals surface area contributed by atoms with Crippen LogP contribution >= 0.6 is 0 Å². The quantitative estimate of drug-likeness (QED) is 0.854. The normalized spacial score (nSPS) is 10.2. The Morgan fingerprint density at radius 2 is 1.61 bits per heavy atom. The van der Waals surface area contributed by atoms with E-state index in [0.29, 0.717) is 12.3 Å². The highest BCUT2D eigenvalue weighted by atomic mass is 16.5. The van der Waals surface area contributed by atoms with Crippen LogP contribution in [-0.4, -0.2) is 26.6 Å². The van der Waals surface area contributed by atoms with E-state index in [0.717, 1.165) is 17.7 Å². The monoisotopic (exact) mass is 312 g/mol. The molecule has 122 valence electrons. The number of rotatable bonds is 7. The summed E-state index contributed by atoms with van der Waals surface area (Å²) >= 11 is 0. The zero-order valence-electron chi connectivity index (χ0n) is 14.0. The SMILES string of the molecule is CCc1ccc(OCC(=O)NCc2ccc(N(C)C)cc2)cc1. The molecule has 0 aromatic heterocycles. The minimum Gasteiger partial charge on any atom is -0.484 e. The lowest BCUT2D eigenvalue weighted by Gasteiger charge is -2.13. The van der Waals surface area contributed by atoms with Gasteiger partial charge in [0, 0.05) is 26.3 Å². The molecule has 0 saturated carbocycles. The van der Waals surface area contributed by atoms with E-state index in [1.54, 1.807) is 0 Å². The lowest BCUT2D eigenvalue weighted by atomic mass is 10.2. The van der Waals surface area contributed by atoms with Crippen LogP contribution in [0.5, 0.6) is 5.75 Å². The molecule has 23 heavy (non-hydrogen) atoms. The van der Waals surface area contributed by atoms with Crippen molar-refractivity contribution in [3.05, 3.63) is 59.7 Å². The van der Waals surface area contributed by atoms with E-state index in [1.807, 2.05) is 67.5 Å². The molecule has 4 nitrogen and oxygen atoms in total. The summed E-state index contributed by atoms with van der Waals surface area (Å²) in [5, 5.41) is 2.86. The van der Waals surface area contributed by atoms with Gasteiger partial charge in [0.05, 0.1) is 0 Å². The molecule has 2 rings (SSSR count). The Kier molecular flexibility index (Phi) is 6.03. The van der Waals surface area contributed by atoms with Crippen LogP contribution in [0.4, 0.5) is 5.69 Å². The van der Waals surface area contributed by atoms with Crippen molar-refractivity contribution in [3.63, 3.8) is 0 Å². The Morgan fingerprint density at radius 1 is 1.00 bits per heavy atom. The fourth-order valence-corrected chi connectivity index (χ4v) is 2.13. The second-order valence-corrected chi connectivity index (χ2v) is 5.62. The number of nitrogens with one attached hydrogen (secondary N) is 1. The lowest BCUT2D eigenvalue weighted by molar-refractivity contribution is -0.123. The average Bonchev–Trinajstić information content (AvgIpc) is 2.59. The Hall–Kier alpha value is -2.49. The highest BCUT2D eigenvalue weighted by Gasteiger charge is 2.03.